The van der Waals surface area contributed by atoms with Crippen LogP contribution in [0.25, 0.3) is 16.2 Å². The van der Waals surface area contributed by atoms with E-state index in [1.807, 2.05) is 10.1 Å². The number of hydrogen-bond donors (Lipinski definition) is 2. The Kier molecular flexibility index (Phi) is 4.22. The molecule has 0 amide bonds. The van der Waals surface area contributed by atoms with Crippen molar-refractivity contribution in [2.75, 3.05) is 18.5 Å². The second-order valence-electron chi connectivity index (χ2n) is 10.9. The predicted octanol–water partition coefficient (Wildman–Crippen LogP) is 4.25. The lowest BCUT2D eigenvalue weighted by atomic mass is 9.88. The van der Waals surface area contributed by atoms with Gasteiger partial charge in [-0.2, -0.15) is 4.98 Å². The molecule has 184 valence electrons. The smallest absolute Gasteiger partial charge is 0.278 e. The van der Waals surface area contributed by atoms with E-state index in [2.05, 4.69) is 33.8 Å². The van der Waals surface area contributed by atoms with Crippen LogP contribution in [0, 0.1) is 0 Å². The SMILES string of the molecule is O=c1c2cnc(Nc3ccc4c(c3)CNCC43CC3)nc2n(-c2nc(C3(CF)CC3)cs2)n1C1CC1. The lowest BCUT2D eigenvalue weighted by Gasteiger charge is -2.26. The van der Waals surface area contributed by atoms with Crippen LogP contribution in [0.1, 0.15) is 61.4 Å². The van der Waals surface area contributed by atoms with Crippen molar-refractivity contribution in [2.24, 2.45) is 0 Å². The number of halogens is 1. The highest BCUT2D eigenvalue weighted by Crippen LogP contribution is 2.51. The van der Waals surface area contributed by atoms with Crippen molar-refractivity contribution in [3.63, 3.8) is 0 Å². The summed E-state index contributed by atoms with van der Waals surface area (Å²) in [4.78, 5) is 27.4. The van der Waals surface area contributed by atoms with E-state index in [9.17, 15) is 9.18 Å². The summed E-state index contributed by atoms with van der Waals surface area (Å²) in [6.07, 6.45) is 7.66. The Balaban J connectivity index is 1.20. The van der Waals surface area contributed by atoms with Crippen LogP contribution in [-0.2, 0) is 17.4 Å². The molecular weight excluding hydrogens is 477 g/mol. The molecule has 4 aromatic rings. The van der Waals surface area contributed by atoms with Crippen LogP contribution in [0.2, 0.25) is 0 Å². The Morgan fingerprint density at radius 2 is 2.06 bits per heavy atom. The van der Waals surface area contributed by atoms with E-state index < -0.39 is 12.1 Å². The normalized spacial score (nSPS) is 21.0. The maximum Gasteiger partial charge on any atom is 0.278 e. The zero-order chi connectivity index (χ0) is 24.1. The van der Waals surface area contributed by atoms with E-state index in [1.165, 1.54) is 35.3 Å². The summed E-state index contributed by atoms with van der Waals surface area (Å²) in [6, 6.07) is 6.64. The molecule has 36 heavy (non-hydrogen) atoms. The number of nitrogens with one attached hydrogen (secondary N) is 2. The minimum atomic E-state index is -0.440. The van der Waals surface area contributed by atoms with Gasteiger partial charge in [0.1, 0.15) is 12.1 Å². The van der Waals surface area contributed by atoms with E-state index in [0.717, 1.165) is 50.2 Å². The molecule has 0 radical (unpaired) electrons. The fourth-order valence-corrected chi connectivity index (χ4v) is 6.64. The third kappa shape index (κ3) is 3.06. The second kappa shape index (κ2) is 7.23. The molecule has 3 aromatic heterocycles. The highest BCUT2D eigenvalue weighted by Gasteiger charge is 2.47. The first kappa shape index (κ1) is 21.0. The highest BCUT2D eigenvalue weighted by atomic mass is 32.1. The minimum Gasteiger partial charge on any atom is -0.324 e. The first-order chi connectivity index (χ1) is 17.6. The van der Waals surface area contributed by atoms with Crippen LogP contribution in [0.3, 0.4) is 0 Å². The van der Waals surface area contributed by atoms with Crippen molar-refractivity contribution < 1.29 is 4.39 Å². The van der Waals surface area contributed by atoms with Crippen LogP contribution in [-0.4, -0.2) is 37.5 Å². The summed E-state index contributed by atoms with van der Waals surface area (Å²) in [7, 11) is 0. The number of benzene rings is 1. The van der Waals surface area contributed by atoms with Crippen molar-refractivity contribution >= 4 is 34.0 Å². The van der Waals surface area contributed by atoms with Crippen LogP contribution in [0.15, 0.2) is 34.6 Å². The number of fused-ring (bicyclic) bond motifs is 3. The van der Waals surface area contributed by atoms with Crippen molar-refractivity contribution in [3.05, 3.63) is 57.0 Å². The molecule has 4 aliphatic rings. The van der Waals surface area contributed by atoms with Crippen molar-refractivity contribution in [2.45, 2.75) is 61.9 Å². The molecule has 3 aliphatic carbocycles. The molecule has 8 nitrogen and oxygen atoms in total. The Labute approximate surface area is 210 Å². The summed E-state index contributed by atoms with van der Waals surface area (Å²) in [5.74, 6) is 0.438. The van der Waals surface area contributed by atoms with E-state index in [4.69, 9.17) is 9.97 Å². The van der Waals surface area contributed by atoms with E-state index >= 15 is 0 Å². The molecule has 1 aliphatic heterocycles. The van der Waals surface area contributed by atoms with E-state index in [1.54, 1.807) is 10.9 Å². The van der Waals surface area contributed by atoms with Gasteiger partial charge in [0.2, 0.25) is 11.1 Å². The first-order valence-electron chi connectivity index (χ1n) is 12.7. The van der Waals surface area contributed by atoms with Gasteiger partial charge in [0, 0.05) is 41.2 Å². The number of aromatic nitrogens is 5. The molecule has 10 heteroatoms. The van der Waals surface area contributed by atoms with Crippen LogP contribution < -0.4 is 16.2 Å². The summed E-state index contributed by atoms with van der Waals surface area (Å²) in [5, 5.41) is 9.97. The summed E-state index contributed by atoms with van der Waals surface area (Å²) in [5.41, 5.74) is 4.81. The van der Waals surface area contributed by atoms with E-state index in [-0.39, 0.29) is 11.6 Å². The summed E-state index contributed by atoms with van der Waals surface area (Å²) < 4.78 is 17.3. The Morgan fingerprint density at radius 3 is 2.81 bits per heavy atom. The van der Waals surface area contributed by atoms with Crippen molar-refractivity contribution in [1.82, 2.24) is 29.6 Å². The van der Waals surface area contributed by atoms with Gasteiger partial charge in [-0.3, -0.25) is 9.18 Å². The van der Waals surface area contributed by atoms with Gasteiger partial charge in [-0.05, 0) is 61.8 Å². The number of anilines is 2. The van der Waals surface area contributed by atoms with Crippen LogP contribution in [0.5, 0.6) is 0 Å². The van der Waals surface area contributed by atoms with Gasteiger partial charge in [-0.15, -0.1) is 11.3 Å². The van der Waals surface area contributed by atoms with Crippen molar-refractivity contribution in [3.8, 4) is 5.13 Å². The standard InChI is InChI=1S/C26H26FN7OS/c27-13-25(5-6-25)20-12-36-24(31-20)34-21-18(22(35)33(34)17-2-3-17)11-29-23(32-21)30-16-1-4-19-15(9-16)10-28-14-26(19)7-8-26/h1,4,9,11-12,17,28H,2-3,5-8,10,13-14H2,(H,29,30,32). The third-order valence-electron chi connectivity index (χ3n) is 8.41. The average Bonchev–Trinajstić information content (AvgIpc) is 3.83. The number of rotatable bonds is 6. The molecule has 0 atom stereocenters. The topological polar surface area (TPSA) is 89.7 Å². The molecule has 1 spiro atoms. The molecule has 0 unspecified atom stereocenters. The molecule has 4 heterocycles. The zero-order valence-corrected chi connectivity index (χ0v) is 20.6. The minimum absolute atomic E-state index is 0.1000. The van der Waals surface area contributed by atoms with Gasteiger partial charge in [0.05, 0.1) is 11.7 Å². The molecule has 1 aromatic carbocycles. The third-order valence-corrected chi connectivity index (χ3v) is 9.22. The second-order valence-corrected chi connectivity index (χ2v) is 11.8. The maximum absolute atomic E-state index is 13.7. The summed E-state index contributed by atoms with van der Waals surface area (Å²) >= 11 is 1.44. The fraction of sp³-hybridized carbons (Fsp3) is 0.462. The van der Waals surface area contributed by atoms with Gasteiger partial charge in [-0.1, -0.05) is 6.07 Å². The number of thiazole rings is 1. The van der Waals surface area contributed by atoms with Gasteiger partial charge < -0.3 is 10.6 Å². The maximum atomic E-state index is 13.7. The van der Waals surface area contributed by atoms with Crippen LogP contribution in [0.4, 0.5) is 16.0 Å². The number of hydrogen-bond acceptors (Lipinski definition) is 7. The van der Waals surface area contributed by atoms with Gasteiger partial charge in [0.25, 0.3) is 5.56 Å². The van der Waals surface area contributed by atoms with Crippen LogP contribution >= 0.6 is 11.3 Å². The van der Waals surface area contributed by atoms with Gasteiger partial charge >= 0.3 is 0 Å². The fourth-order valence-electron chi connectivity index (χ4n) is 5.70. The first-order valence-corrected chi connectivity index (χ1v) is 13.6. The molecule has 0 bridgehead atoms. The molecular formula is C26H26FN7OS. The Hall–Kier alpha value is -3.11. The molecule has 3 fully saturated rings. The average molecular weight is 504 g/mol. The van der Waals surface area contributed by atoms with E-state index in [0.29, 0.717) is 27.5 Å². The summed E-state index contributed by atoms with van der Waals surface area (Å²) in [6.45, 7) is 1.53. The number of alkyl halides is 1. The Bertz CT molecular complexity index is 1590. The largest absolute Gasteiger partial charge is 0.324 e. The molecule has 0 saturated heterocycles. The lowest BCUT2D eigenvalue weighted by molar-refractivity contribution is 0.412. The molecule has 2 N–H and O–H groups in total. The molecule has 3 saturated carbocycles. The zero-order valence-electron chi connectivity index (χ0n) is 19.8. The van der Waals surface area contributed by atoms with Crippen molar-refractivity contribution in [1.29, 1.82) is 0 Å². The Morgan fingerprint density at radius 1 is 1.19 bits per heavy atom. The molecule has 8 rings (SSSR count). The highest BCUT2D eigenvalue weighted by molar-refractivity contribution is 7.12. The quantitative estimate of drug-likeness (QED) is 0.409. The predicted molar refractivity (Wildman–Crippen MR) is 136 cm³/mol. The van der Waals surface area contributed by atoms with Gasteiger partial charge in [-0.25, -0.2) is 19.3 Å². The monoisotopic (exact) mass is 503 g/mol. The van der Waals surface area contributed by atoms with Gasteiger partial charge in [0.15, 0.2) is 5.65 Å². The number of nitrogens with zero attached hydrogens (tertiary/aromatic N) is 5. The lowest BCUT2D eigenvalue weighted by Crippen LogP contribution is -2.33.